The fourth-order valence-corrected chi connectivity index (χ4v) is 2.24. The van der Waals surface area contributed by atoms with Gasteiger partial charge in [0, 0.05) is 6.54 Å². The number of thiophene rings is 1. The Bertz CT molecular complexity index is 471. The van der Waals surface area contributed by atoms with Crippen LogP contribution >= 0.6 is 11.3 Å². The van der Waals surface area contributed by atoms with Crippen molar-refractivity contribution in [1.82, 2.24) is 9.78 Å². The minimum atomic E-state index is 0.481. The van der Waals surface area contributed by atoms with E-state index in [1.165, 1.54) is 0 Å². The zero-order valence-corrected chi connectivity index (χ0v) is 10.2. The summed E-state index contributed by atoms with van der Waals surface area (Å²) >= 11 is 1.64. The Labute approximate surface area is 98.7 Å². The molecule has 2 aromatic rings. The van der Waals surface area contributed by atoms with E-state index in [9.17, 15) is 4.79 Å². The van der Waals surface area contributed by atoms with Gasteiger partial charge in [-0.25, -0.2) is 0 Å². The molecular formula is C12H14N2OS. The molecule has 0 radical (unpaired) electrons. The van der Waals surface area contributed by atoms with Crippen molar-refractivity contribution in [3.63, 3.8) is 0 Å². The van der Waals surface area contributed by atoms with Crippen molar-refractivity contribution in [2.75, 3.05) is 0 Å². The zero-order valence-electron chi connectivity index (χ0n) is 9.38. The van der Waals surface area contributed by atoms with Crippen LogP contribution < -0.4 is 0 Å². The molecule has 0 saturated heterocycles. The molecule has 0 N–H and O–H groups in total. The van der Waals surface area contributed by atoms with Gasteiger partial charge < -0.3 is 0 Å². The van der Waals surface area contributed by atoms with Gasteiger partial charge in [0.05, 0.1) is 4.88 Å². The zero-order chi connectivity index (χ0) is 11.5. The van der Waals surface area contributed by atoms with Crippen LogP contribution in [0.5, 0.6) is 0 Å². The Morgan fingerprint density at radius 2 is 2.38 bits per heavy atom. The Morgan fingerprint density at radius 3 is 2.94 bits per heavy atom. The van der Waals surface area contributed by atoms with Crippen LogP contribution in [0.3, 0.4) is 0 Å². The number of carbonyl (C=O) groups excluding carboxylic acids is 1. The average molecular weight is 234 g/mol. The summed E-state index contributed by atoms with van der Waals surface area (Å²) in [6.45, 7) is 5.00. The standard InChI is InChI=1S/C12H14N2OS/c1-9(2)7-14-10(8-15)6-11(13-14)12-4-3-5-16-12/h3-6,8-9H,7H2,1-2H3. The van der Waals surface area contributed by atoms with Crippen molar-refractivity contribution in [2.45, 2.75) is 20.4 Å². The van der Waals surface area contributed by atoms with E-state index in [1.807, 2.05) is 23.6 Å². The lowest BCUT2D eigenvalue weighted by Crippen LogP contribution is -2.09. The molecule has 2 aromatic heterocycles. The van der Waals surface area contributed by atoms with Crippen LogP contribution in [0, 0.1) is 5.92 Å². The minimum Gasteiger partial charge on any atom is -0.296 e. The summed E-state index contributed by atoms with van der Waals surface area (Å²) in [5.41, 5.74) is 1.54. The van der Waals surface area contributed by atoms with Crippen LogP contribution in [0.4, 0.5) is 0 Å². The third-order valence-electron chi connectivity index (χ3n) is 2.24. The highest BCUT2D eigenvalue weighted by atomic mass is 32.1. The second-order valence-electron chi connectivity index (χ2n) is 4.13. The summed E-state index contributed by atoms with van der Waals surface area (Å²) in [7, 11) is 0. The molecule has 0 unspecified atom stereocenters. The number of nitrogens with zero attached hydrogens (tertiary/aromatic N) is 2. The van der Waals surface area contributed by atoms with Crippen LogP contribution in [-0.4, -0.2) is 16.1 Å². The molecule has 0 saturated carbocycles. The number of hydrogen-bond acceptors (Lipinski definition) is 3. The first-order valence-corrected chi connectivity index (χ1v) is 6.15. The van der Waals surface area contributed by atoms with Crippen molar-refractivity contribution in [3.8, 4) is 10.6 Å². The van der Waals surface area contributed by atoms with E-state index in [0.29, 0.717) is 11.6 Å². The van der Waals surface area contributed by atoms with E-state index in [-0.39, 0.29) is 0 Å². The van der Waals surface area contributed by atoms with Crippen molar-refractivity contribution in [3.05, 3.63) is 29.3 Å². The Kier molecular flexibility index (Phi) is 3.19. The summed E-state index contributed by atoms with van der Waals surface area (Å²) in [6, 6.07) is 5.85. The van der Waals surface area contributed by atoms with E-state index in [1.54, 1.807) is 16.0 Å². The maximum atomic E-state index is 10.9. The van der Waals surface area contributed by atoms with Crippen LogP contribution in [0.1, 0.15) is 24.3 Å². The van der Waals surface area contributed by atoms with E-state index in [4.69, 9.17) is 0 Å². The molecular weight excluding hydrogens is 220 g/mol. The Balaban J connectivity index is 2.36. The normalized spacial score (nSPS) is 10.9. The third kappa shape index (κ3) is 2.22. The molecule has 0 aliphatic heterocycles. The average Bonchev–Trinajstić information content (AvgIpc) is 2.83. The van der Waals surface area contributed by atoms with Gasteiger partial charge in [-0.05, 0) is 23.4 Å². The maximum absolute atomic E-state index is 10.9. The van der Waals surface area contributed by atoms with Gasteiger partial charge in [0.25, 0.3) is 0 Å². The number of aldehydes is 1. The largest absolute Gasteiger partial charge is 0.296 e. The quantitative estimate of drug-likeness (QED) is 0.762. The van der Waals surface area contributed by atoms with Crippen LogP contribution in [0.2, 0.25) is 0 Å². The summed E-state index contributed by atoms with van der Waals surface area (Å²) in [5, 5.41) is 6.47. The molecule has 2 heterocycles. The lowest BCUT2D eigenvalue weighted by Gasteiger charge is -2.05. The van der Waals surface area contributed by atoms with Gasteiger partial charge in [-0.1, -0.05) is 19.9 Å². The number of carbonyl (C=O) groups is 1. The van der Waals surface area contributed by atoms with Crippen molar-refractivity contribution in [2.24, 2.45) is 5.92 Å². The van der Waals surface area contributed by atoms with Crippen molar-refractivity contribution in [1.29, 1.82) is 0 Å². The van der Waals surface area contributed by atoms with Crippen LogP contribution in [0.15, 0.2) is 23.6 Å². The molecule has 16 heavy (non-hydrogen) atoms. The highest BCUT2D eigenvalue weighted by molar-refractivity contribution is 7.13. The molecule has 0 aromatic carbocycles. The van der Waals surface area contributed by atoms with Gasteiger partial charge in [-0.15, -0.1) is 11.3 Å². The fourth-order valence-electron chi connectivity index (χ4n) is 1.56. The van der Waals surface area contributed by atoms with Crippen molar-refractivity contribution >= 4 is 17.6 Å². The maximum Gasteiger partial charge on any atom is 0.168 e. The monoisotopic (exact) mass is 234 g/mol. The highest BCUT2D eigenvalue weighted by Crippen LogP contribution is 2.23. The first-order valence-electron chi connectivity index (χ1n) is 5.27. The molecule has 0 atom stereocenters. The molecule has 84 valence electrons. The van der Waals surface area contributed by atoms with E-state index in [0.717, 1.165) is 23.4 Å². The molecule has 0 bridgehead atoms. The summed E-state index contributed by atoms with van der Waals surface area (Å²) < 4.78 is 1.78. The van der Waals surface area contributed by atoms with Gasteiger partial charge >= 0.3 is 0 Å². The Hall–Kier alpha value is -1.42. The van der Waals surface area contributed by atoms with E-state index >= 15 is 0 Å². The summed E-state index contributed by atoms with van der Waals surface area (Å²) in [4.78, 5) is 12.0. The lowest BCUT2D eigenvalue weighted by molar-refractivity contribution is 0.111. The van der Waals surface area contributed by atoms with E-state index in [2.05, 4.69) is 18.9 Å². The molecule has 0 aliphatic rings. The smallest absolute Gasteiger partial charge is 0.168 e. The van der Waals surface area contributed by atoms with Gasteiger partial charge in [0.15, 0.2) is 6.29 Å². The second-order valence-corrected chi connectivity index (χ2v) is 5.07. The number of aromatic nitrogens is 2. The predicted octanol–water partition coefficient (Wildman–Crippen LogP) is 3.08. The minimum absolute atomic E-state index is 0.481. The van der Waals surface area contributed by atoms with Gasteiger partial charge in [0.2, 0.25) is 0 Å². The lowest BCUT2D eigenvalue weighted by atomic mass is 10.2. The third-order valence-corrected chi connectivity index (χ3v) is 3.14. The molecule has 3 nitrogen and oxygen atoms in total. The molecule has 0 fully saturated rings. The second kappa shape index (κ2) is 4.61. The van der Waals surface area contributed by atoms with E-state index < -0.39 is 0 Å². The summed E-state index contributed by atoms with van der Waals surface area (Å²) in [5.74, 6) is 0.481. The van der Waals surface area contributed by atoms with Gasteiger partial charge in [0.1, 0.15) is 11.4 Å². The first kappa shape index (κ1) is 11.1. The number of hydrogen-bond donors (Lipinski definition) is 0. The molecule has 0 amide bonds. The highest BCUT2D eigenvalue weighted by Gasteiger charge is 2.10. The molecule has 0 spiro atoms. The van der Waals surface area contributed by atoms with Crippen LogP contribution in [-0.2, 0) is 6.54 Å². The Morgan fingerprint density at radius 1 is 1.56 bits per heavy atom. The molecule has 2 rings (SSSR count). The van der Waals surface area contributed by atoms with Gasteiger partial charge in [-0.2, -0.15) is 5.10 Å². The van der Waals surface area contributed by atoms with Gasteiger partial charge in [-0.3, -0.25) is 9.48 Å². The predicted molar refractivity (Wildman–Crippen MR) is 65.8 cm³/mol. The molecule has 0 aliphatic carbocycles. The molecule has 4 heteroatoms. The summed E-state index contributed by atoms with van der Waals surface area (Å²) in [6.07, 6.45) is 0.868. The van der Waals surface area contributed by atoms with Crippen LogP contribution in [0.25, 0.3) is 10.6 Å². The van der Waals surface area contributed by atoms with Crippen molar-refractivity contribution < 1.29 is 4.79 Å². The SMILES string of the molecule is CC(C)Cn1nc(-c2cccs2)cc1C=O. The first-order chi connectivity index (χ1) is 7.70. The fraction of sp³-hybridized carbons (Fsp3) is 0.333. The number of rotatable bonds is 4. The topological polar surface area (TPSA) is 34.9 Å².